The summed E-state index contributed by atoms with van der Waals surface area (Å²) >= 11 is 11.0. The first kappa shape index (κ1) is 9.43. The summed E-state index contributed by atoms with van der Waals surface area (Å²) in [5.41, 5.74) is 0.954. The molecule has 0 amide bonds. The zero-order valence-electron chi connectivity index (χ0n) is 6.55. The molecule has 0 aliphatic heterocycles. The van der Waals surface area contributed by atoms with Gasteiger partial charge in [-0.25, -0.2) is 0 Å². The predicted molar refractivity (Wildman–Crippen MR) is 52.7 cm³/mol. The zero-order valence-corrected chi connectivity index (χ0v) is 8.06. The van der Waals surface area contributed by atoms with Gasteiger partial charge in [0.2, 0.25) is 0 Å². The van der Waals surface area contributed by atoms with E-state index >= 15 is 0 Å². The standard InChI is InChI=1S/C9H8Cl2O/c1-12-8-4-2-7(3-5-8)6-9(10)11/h2-6H,1H3. The first-order chi connectivity index (χ1) is 5.72. The van der Waals surface area contributed by atoms with Gasteiger partial charge >= 0.3 is 0 Å². The smallest absolute Gasteiger partial charge is 0.118 e. The SMILES string of the molecule is COc1ccc(C=C(Cl)Cl)cc1. The lowest BCUT2D eigenvalue weighted by Crippen LogP contribution is -1.81. The summed E-state index contributed by atoms with van der Waals surface area (Å²) in [6.45, 7) is 0. The van der Waals surface area contributed by atoms with Crippen LogP contribution in [0.3, 0.4) is 0 Å². The lowest BCUT2D eigenvalue weighted by Gasteiger charge is -1.98. The van der Waals surface area contributed by atoms with Gasteiger partial charge in [-0.3, -0.25) is 0 Å². The number of ether oxygens (including phenoxy) is 1. The van der Waals surface area contributed by atoms with Crippen LogP contribution in [0.25, 0.3) is 6.08 Å². The third-order valence-electron chi connectivity index (χ3n) is 1.39. The highest BCUT2D eigenvalue weighted by Gasteiger charge is 1.91. The van der Waals surface area contributed by atoms with Gasteiger partial charge in [-0.2, -0.15) is 0 Å². The Hall–Kier alpha value is -0.660. The van der Waals surface area contributed by atoms with E-state index in [2.05, 4.69) is 0 Å². The van der Waals surface area contributed by atoms with E-state index in [9.17, 15) is 0 Å². The van der Waals surface area contributed by atoms with E-state index in [0.29, 0.717) is 0 Å². The number of hydrogen-bond donors (Lipinski definition) is 0. The maximum Gasteiger partial charge on any atom is 0.118 e. The fourth-order valence-electron chi connectivity index (χ4n) is 0.826. The molecule has 64 valence electrons. The summed E-state index contributed by atoms with van der Waals surface area (Å²) in [7, 11) is 1.62. The van der Waals surface area contributed by atoms with Gasteiger partial charge in [0, 0.05) is 0 Å². The second-order valence-corrected chi connectivity index (χ2v) is 3.22. The van der Waals surface area contributed by atoms with Gasteiger partial charge in [-0.15, -0.1) is 0 Å². The number of hydrogen-bond acceptors (Lipinski definition) is 1. The minimum atomic E-state index is 0.250. The summed E-state index contributed by atoms with van der Waals surface area (Å²) in [6.07, 6.45) is 1.67. The van der Waals surface area contributed by atoms with Gasteiger partial charge in [0.1, 0.15) is 10.2 Å². The normalized spacial score (nSPS) is 9.25. The summed E-state index contributed by atoms with van der Waals surface area (Å²) in [5, 5.41) is 0. The monoisotopic (exact) mass is 202 g/mol. The van der Waals surface area contributed by atoms with E-state index < -0.39 is 0 Å². The van der Waals surface area contributed by atoms with Crippen LogP contribution < -0.4 is 4.74 Å². The van der Waals surface area contributed by atoms with Crippen molar-refractivity contribution in [3.8, 4) is 5.75 Å². The Morgan fingerprint density at radius 2 is 1.83 bits per heavy atom. The fourth-order valence-corrected chi connectivity index (χ4v) is 1.08. The second-order valence-electron chi connectivity index (χ2n) is 2.21. The summed E-state index contributed by atoms with van der Waals surface area (Å²) in [4.78, 5) is 0. The van der Waals surface area contributed by atoms with Gasteiger partial charge in [-0.05, 0) is 23.8 Å². The summed E-state index contributed by atoms with van der Waals surface area (Å²) in [6, 6.07) is 7.46. The zero-order chi connectivity index (χ0) is 8.97. The molecule has 0 spiro atoms. The Morgan fingerprint density at radius 1 is 1.25 bits per heavy atom. The highest BCUT2D eigenvalue weighted by molar-refractivity contribution is 6.57. The highest BCUT2D eigenvalue weighted by Crippen LogP contribution is 2.16. The lowest BCUT2D eigenvalue weighted by atomic mass is 10.2. The van der Waals surface area contributed by atoms with Crippen LogP contribution >= 0.6 is 23.2 Å². The number of methoxy groups -OCH3 is 1. The molecule has 0 aliphatic carbocycles. The summed E-state index contributed by atoms with van der Waals surface area (Å²) in [5.74, 6) is 0.817. The van der Waals surface area contributed by atoms with Crippen LogP contribution in [0.1, 0.15) is 5.56 Å². The van der Waals surface area contributed by atoms with Crippen molar-refractivity contribution < 1.29 is 4.74 Å². The maximum atomic E-state index is 5.48. The molecule has 1 aromatic carbocycles. The molecule has 0 atom stereocenters. The Kier molecular flexibility index (Phi) is 3.45. The van der Waals surface area contributed by atoms with Crippen molar-refractivity contribution in [2.24, 2.45) is 0 Å². The van der Waals surface area contributed by atoms with E-state index in [1.807, 2.05) is 24.3 Å². The van der Waals surface area contributed by atoms with Crippen molar-refractivity contribution in [1.29, 1.82) is 0 Å². The lowest BCUT2D eigenvalue weighted by molar-refractivity contribution is 0.415. The minimum Gasteiger partial charge on any atom is -0.497 e. The highest BCUT2D eigenvalue weighted by atomic mass is 35.5. The van der Waals surface area contributed by atoms with Gasteiger partial charge in [0.05, 0.1) is 7.11 Å². The third-order valence-corrected chi connectivity index (χ3v) is 1.61. The first-order valence-corrected chi connectivity index (χ1v) is 4.14. The third kappa shape index (κ3) is 2.76. The Morgan fingerprint density at radius 3 is 2.25 bits per heavy atom. The van der Waals surface area contributed by atoms with E-state index in [-0.39, 0.29) is 4.49 Å². The number of benzene rings is 1. The molecule has 0 unspecified atom stereocenters. The predicted octanol–water partition coefficient (Wildman–Crippen LogP) is 3.47. The average Bonchev–Trinajstić information content (AvgIpc) is 2.05. The molecule has 12 heavy (non-hydrogen) atoms. The first-order valence-electron chi connectivity index (χ1n) is 3.39. The van der Waals surface area contributed by atoms with Crippen LogP contribution in [0.15, 0.2) is 28.8 Å². The maximum absolute atomic E-state index is 5.48. The van der Waals surface area contributed by atoms with Crippen LogP contribution in [-0.2, 0) is 0 Å². The Labute approximate surface area is 81.6 Å². The molecule has 0 N–H and O–H groups in total. The van der Waals surface area contributed by atoms with Crippen LogP contribution in [0.2, 0.25) is 0 Å². The fraction of sp³-hybridized carbons (Fsp3) is 0.111. The molecule has 1 rings (SSSR count). The van der Waals surface area contributed by atoms with Crippen molar-refractivity contribution in [2.45, 2.75) is 0 Å². The van der Waals surface area contributed by atoms with Gasteiger partial charge in [0.15, 0.2) is 0 Å². The molecule has 0 heterocycles. The molecule has 0 radical (unpaired) electrons. The van der Waals surface area contributed by atoms with E-state index in [1.165, 1.54) is 0 Å². The van der Waals surface area contributed by atoms with Crippen LogP contribution in [0, 0.1) is 0 Å². The Balaban J connectivity index is 2.85. The van der Waals surface area contributed by atoms with Gasteiger partial charge in [0.25, 0.3) is 0 Å². The van der Waals surface area contributed by atoms with Gasteiger partial charge in [-0.1, -0.05) is 35.3 Å². The van der Waals surface area contributed by atoms with E-state index in [0.717, 1.165) is 11.3 Å². The van der Waals surface area contributed by atoms with E-state index in [4.69, 9.17) is 27.9 Å². The molecular weight excluding hydrogens is 195 g/mol. The average molecular weight is 203 g/mol. The molecule has 0 bridgehead atoms. The van der Waals surface area contributed by atoms with Crippen molar-refractivity contribution in [3.63, 3.8) is 0 Å². The molecule has 1 nitrogen and oxygen atoms in total. The second kappa shape index (κ2) is 4.39. The number of rotatable bonds is 2. The molecule has 0 fully saturated rings. The van der Waals surface area contributed by atoms with Crippen LogP contribution in [0.4, 0.5) is 0 Å². The van der Waals surface area contributed by atoms with Crippen LogP contribution in [0.5, 0.6) is 5.75 Å². The molecule has 3 heteroatoms. The van der Waals surface area contributed by atoms with Crippen molar-refractivity contribution in [1.82, 2.24) is 0 Å². The molecule has 0 aliphatic rings. The summed E-state index contributed by atoms with van der Waals surface area (Å²) < 4.78 is 5.24. The molecule has 0 saturated carbocycles. The quantitative estimate of drug-likeness (QED) is 0.714. The minimum absolute atomic E-state index is 0.250. The van der Waals surface area contributed by atoms with E-state index in [1.54, 1.807) is 13.2 Å². The van der Waals surface area contributed by atoms with Gasteiger partial charge < -0.3 is 4.74 Å². The van der Waals surface area contributed by atoms with Crippen LogP contribution in [-0.4, -0.2) is 7.11 Å². The molecule has 1 aromatic rings. The topological polar surface area (TPSA) is 9.23 Å². The number of halogens is 2. The molecule has 0 saturated heterocycles. The van der Waals surface area contributed by atoms with Crippen molar-refractivity contribution in [2.75, 3.05) is 7.11 Å². The molecular formula is C9H8Cl2O. The Bertz CT molecular complexity index is 273. The largest absolute Gasteiger partial charge is 0.497 e. The van der Waals surface area contributed by atoms with Crippen molar-refractivity contribution in [3.05, 3.63) is 34.3 Å². The van der Waals surface area contributed by atoms with Crippen molar-refractivity contribution >= 4 is 29.3 Å². The molecule has 0 aromatic heterocycles.